The van der Waals surface area contributed by atoms with Crippen LogP contribution in [0.25, 0.3) is 0 Å². The Labute approximate surface area is 117 Å². The fourth-order valence-corrected chi connectivity index (χ4v) is 1.28. The largest absolute Gasteiger partial charge is 0.489 e. The van der Waals surface area contributed by atoms with Crippen molar-refractivity contribution in [3.8, 4) is 5.75 Å². The Morgan fingerprint density at radius 3 is 2.79 bits per heavy atom. The maximum Gasteiger partial charge on any atom is 0.239 e. The van der Waals surface area contributed by atoms with Gasteiger partial charge in [0.05, 0.1) is 13.2 Å². The molecule has 1 aromatic carbocycles. The van der Waals surface area contributed by atoms with Crippen molar-refractivity contribution in [3.05, 3.63) is 30.1 Å². The summed E-state index contributed by atoms with van der Waals surface area (Å²) in [6, 6.07) is 5.37. The number of carbonyl (C=O) groups is 1. The summed E-state index contributed by atoms with van der Waals surface area (Å²) in [6.45, 7) is 0.580. The molecule has 0 saturated heterocycles. The maximum absolute atomic E-state index is 13.2. The lowest BCUT2D eigenvalue weighted by atomic mass is 10.3. The van der Waals surface area contributed by atoms with Crippen LogP contribution in [-0.2, 0) is 9.53 Å². The highest BCUT2D eigenvalue weighted by Gasteiger charge is 2.11. The van der Waals surface area contributed by atoms with Crippen molar-refractivity contribution >= 4 is 18.3 Å². The number of carbonyl (C=O) groups excluding carboxylic acids is 1. The number of hydrogen-bond donors (Lipinski definition) is 2. The number of methoxy groups -OCH3 is 1. The summed E-state index contributed by atoms with van der Waals surface area (Å²) in [4.78, 5) is 11.4. The molecule has 7 heteroatoms. The van der Waals surface area contributed by atoms with Gasteiger partial charge >= 0.3 is 0 Å². The van der Waals surface area contributed by atoms with Crippen molar-refractivity contribution in [2.45, 2.75) is 6.04 Å². The Kier molecular flexibility index (Phi) is 8.86. The van der Waals surface area contributed by atoms with Crippen molar-refractivity contribution in [2.75, 3.05) is 26.9 Å². The van der Waals surface area contributed by atoms with E-state index in [1.807, 2.05) is 0 Å². The van der Waals surface area contributed by atoms with Gasteiger partial charge in [-0.15, -0.1) is 12.4 Å². The molecule has 1 aromatic rings. The van der Waals surface area contributed by atoms with E-state index >= 15 is 0 Å². The van der Waals surface area contributed by atoms with Crippen LogP contribution < -0.4 is 15.8 Å². The summed E-state index contributed by atoms with van der Waals surface area (Å²) in [5, 5.41) is 2.57. The molecule has 0 heterocycles. The number of ether oxygens (including phenoxy) is 2. The van der Waals surface area contributed by atoms with Gasteiger partial charge in [0.15, 0.2) is 11.6 Å². The molecule has 1 amide bonds. The van der Waals surface area contributed by atoms with Gasteiger partial charge in [0.2, 0.25) is 5.91 Å². The highest BCUT2D eigenvalue weighted by molar-refractivity contribution is 5.85. The molecular weight excluding hydrogens is 275 g/mol. The van der Waals surface area contributed by atoms with Crippen LogP contribution in [0, 0.1) is 5.82 Å². The molecule has 1 unspecified atom stereocenters. The zero-order valence-electron chi connectivity index (χ0n) is 10.6. The second kappa shape index (κ2) is 9.55. The first-order valence-corrected chi connectivity index (χ1v) is 5.54. The van der Waals surface area contributed by atoms with E-state index in [-0.39, 0.29) is 43.8 Å². The Balaban J connectivity index is 0.00000324. The summed E-state index contributed by atoms with van der Waals surface area (Å²) in [6.07, 6.45) is 0. The molecule has 1 rings (SSSR count). The number of para-hydroxylation sites is 1. The van der Waals surface area contributed by atoms with Crippen molar-refractivity contribution in [1.82, 2.24) is 5.32 Å². The van der Waals surface area contributed by atoms with Crippen LogP contribution in [0.4, 0.5) is 4.39 Å². The van der Waals surface area contributed by atoms with Gasteiger partial charge < -0.3 is 20.5 Å². The Morgan fingerprint density at radius 2 is 2.16 bits per heavy atom. The van der Waals surface area contributed by atoms with Crippen molar-refractivity contribution in [1.29, 1.82) is 0 Å². The topological polar surface area (TPSA) is 73.6 Å². The lowest BCUT2D eigenvalue weighted by Crippen LogP contribution is -2.44. The molecular formula is C12H18ClFN2O3. The lowest BCUT2D eigenvalue weighted by Gasteiger charge is -2.12. The van der Waals surface area contributed by atoms with Crippen LogP contribution in [0.5, 0.6) is 5.75 Å². The minimum absolute atomic E-state index is 0. The molecule has 0 radical (unpaired) electrons. The van der Waals surface area contributed by atoms with E-state index in [4.69, 9.17) is 15.2 Å². The molecule has 108 valence electrons. The molecule has 0 aromatic heterocycles. The summed E-state index contributed by atoms with van der Waals surface area (Å²) >= 11 is 0. The molecule has 3 N–H and O–H groups in total. The number of rotatable bonds is 7. The predicted octanol–water partition coefficient (Wildman–Crippen LogP) is 0.716. The number of hydrogen-bond acceptors (Lipinski definition) is 4. The van der Waals surface area contributed by atoms with E-state index in [1.165, 1.54) is 19.2 Å². The highest BCUT2D eigenvalue weighted by atomic mass is 35.5. The third-order valence-electron chi connectivity index (χ3n) is 2.18. The van der Waals surface area contributed by atoms with Crippen molar-refractivity contribution in [2.24, 2.45) is 5.73 Å². The maximum atomic E-state index is 13.2. The standard InChI is InChI=1S/C12H17FN2O3.ClH/c1-17-8-10(14)12(16)15-6-7-18-11-5-3-2-4-9(11)13;/h2-5,10H,6-8,14H2,1H3,(H,15,16);1H. The predicted molar refractivity (Wildman–Crippen MR) is 72.0 cm³/mol. The minimum atomic E-state index is -0.705. The molecule has 0 spiro atoms. The number of nitrogens with two attached hydrogens (primary N) is 1. The fraction of sp³-hybridized carbons (Fsp3) is 0.417. The summed E-state index contributed by atoms with van der Waals surface area (Å²) < 4.78 is 23.1. The van der Waals surface area contributed by atoms with Crippen LogP contribution in [0.15, 0.2) is 24.3 Å². The van der Waals surface area contributed by atoms with Crippen LogP contribution in [-0.4, -0.2) is 38.8 Å². The van der Waals surface area contributed by atoms with Crippen molar-refractivity contribution < 1.29 is 18.7 Å². The molecule has 0 saturated carbocycles. The first-order chi connectivity index (χ1) is 8.65. The van der Waals surface area contributed by atoms with Gasteiger partial charge in [0.1, 0.15) is 12.6 Å². The lowest BCUT2D eigenvalue weighted by molar-refractivity contribution is -0.123. The summed E-state index contributed by atoms with van der Waals surface area (Å²) in [5.41, 5.74) is 5.51. The Bertz CT molecular complexity index is 393. The Hall–Kier alpha value is -1.37. The van der Waals surface area contributed by atoms with E-state index in [1.54, 1.807) is 12.1 Å². The highest BCUT2D eigenvalue weighted by Crippen LogP contribution is 2.14. The van der Waals surface area contributed by atoms with Crippen LogP contribution >= 0.6 is 12.4 Å². The molecule has 0 aliphatic rings. The molecule has 0 fully saturated rings. The third-order valence-corrected chi connectivity index (χ3v) is 2.18. The smallest absolute Gasteiger partial charge is 0.239 e. The van der Waals surface area contributed by atoms with Gasteiger partial charge in [0.25, 0.3) is 0 Å². The SMILES string of the molecule is COCC(N)C(=O)NCCOc1ccccc1F.Cl. The zero-order chi connectivity index (χ0) is 13.4. The first kappa shape index (κ1) is 17.6. The summed E-state index contributed by atoms with van der Waals surface area (Å²) in [5.74, 6) is -0.596. The van der Waals surface area contributed by atoms with Crippen LogP contribution in [0.2, 0.25) is 0 Å². The van der Waals surface area contributed by atoms with E-state index in [2.05, 4.69) is 5.32 Å². The number of benzene rings is 1. The molecule has 0 aliphatic carbocycles. The average molecular weight is 293 g/mol. The van der Waals surface area contributed by atoms with Gasteiger partial charge in [-0.2, -0.15) is 0 Å². The van der Waals surface area contributed by atoms with Crippen molar-refractivity contribution in [3.63, 3.8) is 0 Å². The average Bonchev–Trinajstić information content (AvgIpc) is 2.36. The second-order valence-electron chi connectivity index (χ2n) is 3.63. The van der Waals surface area contributed by atoms with Gasteiger partial charge in [0, 0.05) is 7.11 Å². The van der Waals surface area contributed by atoms with E-state index in [0.29, 0.717) is 0 Å². The van der Waals surface area contributed by atoms with Crippen LogP contribution in [0.1, 0.15) is 0 Å². The van der Waals surface area contributed by atoms with E-state index in [9.17, 15) is 9.18 Å². The van der Waals surface area contributed by atoms with Gasteiger partial charge in [-0.3, -0.25) is 4.79 Å². The normalized spacial score (nSPS) is 11.3. The zero-order valence-corrected chi connectivity index (χ0v) is 11.4. The molecule has 1 atom stereocenters. The quantitative estimate of drug-likeness (QED) is 0.726. The van der Waals surface area contributed by atoms with E-state index < -0.39 is 11.9 Å². The molecule has 19 heavy (non-hydrogen) atoms. The van der Waals surface area contributed by atoms with Gasteiger partial charge in [-0.05, 0) is 12.1 Å². The van der Waals surface area contributed by atoms with E-state index in [0.717, 1.165) is 0 Å². The number of halogens is 2. The molecule has 0 bridgehead atoms. The number of amides is 1. The second-order valence-corrected chi connectivity index (χ2v) is 3.63. The fourth-order valence-electron chi connectivity index (χ4n) is 1.28. The molecule has 5 nitrogen and oxygen atoms in total. The minimum Gasteiger partial charge on any atom is -0.489 e. The van der Waals surface area contributed by atoms with Gasteiger partial charge in [-0.25, -0.2) is 4.39 Å². The first-order valence-electron chi connectivity index (χ1n) is 5.54. The molecule has 0 aliphatic heterocycles. The number of nitrogens with one attached hydrogen (secondary N) is 1. The van der Waals surface area contributed by atoms with Crippen LogP contribution in [0.3, 0.4) is 0 Å². The summed E-state index contributed by atoms with van der Waals surface area (Å²) in [7, 11) is 1.47. The monoisotopic (exact) mass is 292 g/mol. The van der Waals surface area contributed by atoms with Gasteiger partial charge in [-0.1, -0.05) is 12.1 Å². The third kappa shape index (κ3) is 6.37. The Morgan fingerprint density at radius 1 is 1.47 bits per heavy atom.